The average molecular weight is 359 g/mol. The molecule has 2 rings (SSSR count). The predicted octanol–water partition coefficient (Wildman–Crippen LogP) is 5.82. The molecule has 2 nitrogen and oxygen atoms in total. The molecule has 0 unspecified atom stereocenters. The molecule has 0 saturated carbocycles. The Kier molecular flexibility index (Phi) is 8.85. The molecule has 0 fully saturated rings. The van der Waals surface area contributed by atoms with E-state index in [-0.39, 0.29) is 0 Å². The van der Waals surface area contributed by atoms with Crippen molar-refractivity contribution in [3.63, 3.8) is 0 Å². The molecule has 0 saturated heterocycles. The van der Waals surface area contributed by atoms with Crippen LogP contribution in [0.2, 0.25) is 0 Å². The lowest BCUT2D eigenvalue weighted by Crippen LogP contribution is -2.15. The molecule has 2 heteroatoms. The number of allylic oxidation sites excluding steroid dienone is 11. The fourth-order valence-electron chi connectivity index (χ4n) is 2.74. The largest absolute Gasteiger partial charge is 0.355 e. The molecule has 1 heterocycles. The maximum Gasteiger partial charge on any atom is 0.126 e. The molecule has 0 bridgehead atoms. The number of hydrogen-bond donors (Lipinski definition) is 0. The quantitative estimate of drug-likeness (QED) is 0.338. The summed E-state index contributed by atoms with van der Waals surface area (Å²) >= 11 is 0. The maximum absolute atomic E-state index is 3.37. The summed E-state index contributed by atoms with van der Waals surface area (Å²) in [4.78, 5) is 2.09. The van der Waals surface area contributed by atoms with Crippen LogP contribution in [0.15, 0.2) is 96.9 Å². The Balaban J connectivity index is 1.79. The van der Waals surface area contributed by atoms with Gasteiger partial charge in [-0.1, -0.05) is 54.7 Å². The topological polar surface area (TPSA) is 6.25 Å². The summed E-state index contributed by atoms with van der Waals surface area (Å²) in [7, 11) is 2.04. The van der Waals surface area contributed by atoms with Gasteiger partial charge in [0.25, 0.3) is 0 Å². The minimum atomic E-state index is 1.03. The summed E-state index contributed by atoms with van der Waals surface area (Å²) in [6.45, 7) is 5.16. The molecule has 0 atom stereocenters. The van der Waals surface area contributed by atoms with Crippen LogP contribution in [0.3, 0.4) is 0 Å². The zero-order valence-corrected chi connectivity index (χ0v) is 16.7. The van der Waals surface area contributed by atoms with Gasteiger partial charge in [-0.3, -0.25) is 0 Å². The number of hydrogen-bond acceptors (Lipinski definition) is 1. The van der Waals surface area contributed by atoms with Crippen molar-refractivity contribution >= 4 is 11.9 Å². The van der Waals surface area contributed by atoms with Crippen molar-refractivity contribution in [1.82, 2.24) is 4.90 Å². The Labute approximate surface area is 164 Å². The van der Waals surface area contributed by atoms with Crippen molar-refractivity contribution in [3.05, 3.63) is 102 Å². The third-order valence-corrected chi connectivity index (χ3v) is 4.50. The molecule has 27 heavy (non-hydrogen) atoms. The second kappa shape index (κ2) is 11.7. The zero-order chi connectivity index (χ0) is 19.3. The standard InChI is InChI=1S/C25H30N2/c1-4-23(2)26(3)20-14-10-8-6-5-7-9-11-15-21-27-22-16-18-24-17-12-13-19-25(24)27/h4-15,17,19-20H,16,18,22H2,1-3H3/b6-5+,9-7+,10-8+,15-11+,20-14?,23-4?. The van der Waals surface area contributed by atoms with Crippen LogP contribution in [-0.2, 0) is 6.42 Å². The number of fused-ring (bicyclic) bond motifs is 1. The molecular formula is C25H30N2. The molecule has 140 valence electrons. The Morgan fingerprint density at radius 3 is 2.41 bits per heavy atom. The second-order valence-corrected chi connectivity index (χ2v) is 6.41. The monoisotopic (exact) mass is 358 g/mol. The zero-order valence-electron chi connectivity index (χ0n) is 16.7. The van der Waals surface area contributed by atoms with Gasteiger partial charge in [-0.15, -0.1) is 12.2 Å². The summed E-state index contributed by atoms with van der Waals surface area (Å²) in [5, 5.41) is 0. The van der Waals surface area contributed by atoms with Crippen molar-refractivity contribution in [2.45, 2.75) is 26.7 Å². The number of para-hydroxylation sites is 1. The van der Waals surface area contributed by atoms with E-state index in [4.69, 9.17) is 0 Å². The van der Waals surface area contributed by atoms with E-state index in [1.807, 2.05) is 74.9 Å². The van der Waals surface area contributed by atoms with Gasteiger partial charge in [-0.2, -0.15) is 6.08 Å². The van der Waals surface area contributed by atoms with Crippen LogP contribution in [0.25, 0.3) is 0 Å². The molecule has 1 aromatic carbocycles. The van der Waals surface area contributed by atoms with Crippen molar-refractivity contribution in [3.8, 4) is 0 Å². The van der Waals surface area contributed by atoms with E-state index in [1.165, 1.54) is 23.4 Å². The van der Waals surface area contributed by atoms with Crippen LogP contribution < -0.4 is 0 Å². The summed E-state index contributed by atoms with van der Waals surface area (Å²) in [6, 6.07) is 8.58. The van der Waals surface area contributed by atoms with Gasteiger partial charge in [0.15, 0.2) is 0 Å². The summed E-state index contributed by atoms with van der Waals surface area (Å²) in [5.74, 6) is 0. The van der Waals surface area contributed by atoms with Crippen molar-refractivity contribution in [1.29, 1.82) is 0 Å². The summed E-state index contributed by atoms with van der Waals surface area (Å²) in [6.07, 6.45) is 28.0. The lowest BCUT2D eigenvalue weighted by atomic mass is 10.0. The molecule has 1 aliphatic rings. The maximum atomic E-state index is 3.37. The van der Waals surface area contributed by atoms with E-state index in [0.29, 0.717) is 0 Å². The molecule has 0 aliphatic carbocycles. The smallest absolute Gasteiger partial charge is 0.126 e. The number of nitrogens with zero attached hydrogens (tertiary/aromatic N) is 2. The highest BCUT2D eigenvalue weighted by molar-refractivity contribution is 5.68. The molecule has 0 spiro atoms. The van der Waals surface area contributed by atoms with E-state index in [1.54, 1.807) is 0 Å². The van der Waals surface area contributed by atoms with Gasteiger partial charge in [0, 0.05) is 25.4 Å². The van der Waals surface area contributed by atoms with Crippen molar-refractivity contribution in [2.75, 3.05) is 13.6 Å². The second-order valence-electron chi connectivity index (χ2n) is 6.41. The minimum absolute atomic E-state index is 1.03. The highest BCUT2D eigenvalue weighted by Crippen LogP contribution is 2.24. The highest BCUT2D eigenvalue weighted by atomic mass is 15.1. The fourth-order valence-corrected chi connectivity index (χ4v) is 2.74. The Hall–Kier alpha value is -2.87. The van der Waals surface area contributed by atoms with Crippen molar-refractivity contribution < 1.29 is 4.58 Å². The SMILES string of the molecule is CC=C(C)N(C)C=C/C=C/C=C/C=C/C=C/[C-]=[N+]1CCCc2ccccc21. The van der Waals surface area contributed by atoms with Crippen LogP contribution in [-0.4, -0.2) is 29.3 Å². The molecule has 1 aromatic rings. The first-order valence-corrected chi connectivity index (χ1v) is 9.53. The van der Waals surface area contributed by atoms with Gasteiger partial charge < -0.3 is 9.48 Å². The van der Waals surface area contributed by atoms with Gasteiger partial charge in [0.05, 0.1) is 0 Å². The van der Waals surface area contributed by atoms with Gasteiger partial charge in [0.1, 0.15) is 18.4 Å². The van der Waals surface area contributed by atoms with E-state index >= 15 is 0 Å². The van der Waals surface area contributed by atoms with Gasteiger partial charge in [0.2, 0.25) is 0 Å². The van der Waals surface area contributed by atoms with E-state index in [2.05, 4.69) is 53.0 Å². The van der Waals surface area contributed by atoms with Crippen LogP contribution >= 0.6 is 0 Å². The average Bonchev–Trinajstić information content (AvgIpc) is 2.71. The molecule has 0 N–H and O–H groups in total. The van der Waals surface area contributed by atoms with Crippen LogP contribution in [0.4, 0.5) is 5.69 Å². The van der Waals surface area contributed by atoms with E-state index in [0.717, 1.165) is 13.0 Å². The normalized spacial score (nSPS) is 17.3. The minimum Gasteiger partial charge on any atom is -0.355 e. The molecule has 0 radical (unpaired) electrons. The Morgan fingerprint density at radius 2 is 1.67 bits per heavy atom. The first-order chi connectivity index (χ1) is 13.2. The van der Waals surface area contributed by atoms with Gasteiger partial charge in [-0.05, 0) is 38.0 Å². The van der Waals surface area contributed by atoms with Gasteiger partial charge in [-0.25, -0.2) is 0 Å². The van der Waals surface area contributed by atoms with Crippen LogP contribution in [0, 0.1) is 0 Å². The van der Waals surface area contributed by atoms with E-state index in [9.17, 15) is 0 Å². The molecule has 0 amide bonds. The Bertz CT molecular complexity index is 801. The number of aryl methyl sites for hydroxylation is 1. The predicted molar refractivity (Wildman–Crippen MR) is 117 cm³/mol. The first kappa shape index (κ1) is 20.4. The molecule has 0 aromatic heterocycles. The summed E-state index contributed by atoms with van der Waals surface area (Å²) in [5.41, 5.74) is 3.92. The summed E-state index contributed by atoms with van der Waals surface area (Å²) < 4.78 is 2.21. The Morgan fingerprint density at radius 1 is 1.00 bits per heavy atom. The highest BCUT2D eigenvalue weighted by Gasteiger charge is 2.13. The lowest BCUT2D eigenvalue weighted by Gasteiger charge is -2.18. The van der Waals surface area contributed by atoms with Crippen molar-refractivity contribution in [2.24, 2.45) is 0 Å². The number of rotatable bonds is 7. The third-order valence-electron chi connectivity index (χ3n) is 4.50. The number of benzene rings is 1. The van der Waals surface area contributed by atoms with Crippen LogP contribution in [0.5, 0.6) is 0 Å². The first-order valence-electron chi connectivity index (χ1n) is 9.53. The molecular weight excluding hydrogens is 328 g/mol. The van der Waals surface area contributed by atoms with Crippen LogP contribution in [0.1, 0.15) is 25.8 Å². The molecule has 1 aliphatic heterocycles. The van der Waals surface area contributed by atoms with E-state index < -0.39 is 0 Å². The third kappa shape index (κ3) is 7.10. The van der Waals surface area contributed by atoms with Gasteiger partial charge >= 0.3 is 0 Å². The lowest BCUT2D eigenvalue weighted by molar-refractivity contribution is -0.440. The fraction of sp³-hybridized carbons (Fsp3) is 0.240.